The quantitative estimate of drug-likeness (QED) is 0.174. The summed E-state index contributed by atoms with van der Waals surface area (Å²) in [6.07, 6.45) is 0. The highest BCUT2D eigenvalue weighted by Crippen LogP contribution is 2.42. The molecule has 7 N–H and O–H groups in total. The topological polar surface area (TPSA) is 243 Å². The Bertz CT molecular complexity index is 1890. The molecule has 0 aliphatic heterocycles. The van der Waals surface area contributed by atoms with E-state index in [1.165, 1.54) is 12.1 Å². The van der Waals surface area contributed by atoms with Crippen molar-refractivity contribution in [3.05, 3.63) is 60.7 Å². The minimum atomic E-state index is -5.07. The highest BCUT2D eigenvalue weighted by atomic mass is 32.2. The summed E-state index contributed by atoms with van der Waals surface area (Å²) in [6, 6.07) is 12.4. The predicted octanol–water partition coefficient (Wildman–Crippen LogP) is 4.02. The Balaban J connectivity index is 0.00000361. The summed E-state index contributed by atoms with van der Waals surface area (Å²) in [5, 5.41) is 17.7. The fourth-order valence-corrected chi connectivity index (χ4v) is 5.75. The molecule has 4 aromatic rings. The zero-order valence-corrected chi connectivity index (χ0v) is 20.3. The molecule has 0 spiro atoms. The molecule has 0 saturated heterocycles. The van der Waals surface area contributed by atoms with Crippen LogP contribution in [0.25, 0.3) is 21.5 Å². The van der Waals surface area contributed by atoms with Crippen molar-refractivity contribution in [2.75, 3.05) is 0 Å². The van der Waals surface area contributed by atoms with Gasteiger partial charge in [0.05, 0.1) is 0 Å². The van der Waals surface area contributed by atoms with Crippen molar-refractivity contribution in [3.63, 3.8) is 0 Å². The van der Waals surface area contributed by atoms with Gasteiger partial charge in [-0.1, -0.05) is 42.5 Å². The van der Waals surface area contributed by atoms with E-state index in [-0.39, 0.29) is 27.7 Å². The van der Waals surface area contributed by atoms with Gasteiger partial charge in [-0.15, -0.1) is 10.2 Å². The number of phenols is 1. The standard InChI is InChI=1S/C20H14N2O10S3.H3N/c23-19-12-5-2-1-4-11(12)10-17(34(27,28)29)18(19)22-21-15-9-8-13-14(20(15)35(30,31)32)6-3-7-16(13)33(24,25)26;/h1-10,23H,(H,24,25,26)(H,27,28,29)(H,30,31,32);1H3. The molecular weight excluding hydrogens is 538 g/mol. The van der Waals surface area contributed by atoms with Crippen LogP contribution >= 0.6 is 0 Å². The second kappa shape index (κ2) is 9.17. The Labute approximate surface area is 204 Å². The zero-order chi connectivity index (χ0) is 25.8. The van der Waals surface area contributed by atoms with E-state index < -0.39 is 62.2 Å². The van der Waals surface area contributed by atoms with Crippen molar-refractivity contribution < 1.29 is 44.0 Å². The van der Waals surface area contributed by atoms with E-state index in [1.54, 1.807) is 12.1 Å². The maximum atomic E-state index is 12.2. The molecule has 0 radical (unpaired) electrons. The number of fused-ring (bicyclic) bond motifs is 2. The molecule has 0 amide bonds. The maximum Gasteiger partial charge on any atom is 0.297 e. The molecule has 0 aliphatic rings. The van der Waals surface area contributed by atoms with Gasteiger partial charge in [0, 0.05) is 16.2 Å². The SMILES string of the molecule is N.O=S(=O)(O)c1cc2ccccc2c(O)c1N=Nc1ccc2c(S(=O)(=O)O)cccc2c1S(=O)(=O)O. The van der Waals surface area contributed by atoms with E-state index in [9.17, 15) is 44.0 Å². The summed E-state index contributed by atoms with van der Waals surface area (Å²) in [5.41, 5.74) is -1.26. The van der Waals surface area contributed by atoms with Crippen LogP contribution in [0.3, 0.4) is 0 Å². The van der Waals surface area contributed by atoms with Crippen LogP contribution in [0.2, 0.25) is 0 Å². The van der Waals surface area contributed by atoms with E-state index in [0.717, 1.165) is 36.4 Å². The first-order valence-electron chi connectivity index (χ1n) is 9.34. The third-order valence-electron chi connectivity index (χ3n) is 4.98. The van der Waals surface area contributed by atoms with Crippen LogP contribution < -0.4 is 6.15 Å². The number of rotatable bonds is 5. The Morgan fingerprint density at radius 3 is 1.83 bits per heavy atom. The number of hydrogen-bond acceptors (Lipinski definition) is 10. The normalized spacial score (nSPS) is 12.8. The fourth-order valence-electron chi connectivity index (χ4n) is 3.55. The van der Waals surface area contributed by atoms with Crippen molar-refractivity contribution in [1.29, 1.82) is 0 Å². The lowest BCUT2D eigenvalue weighted by Crippen LogP contribution is -2.03. The third-order valence-corrected chi connectivity index (χ3v) is 7.71. The maximum absolute atomic E-state index is 12.2. The number of aromatic hydroxyl groups is 1. The summed E-state index contributed by atoms with van der Waals surface area (Å²) in [5.74, 6) is -0.678. The van der Waals surface area contributed by atoms with Crippen LogP contribution in [0.4, 0.5) is 11.4 Å². The molecule has 0 unspecified atom stereocenters. The highest BCUT2D eigenvalue weighted by molar-refractivity contribution is 7.86. The second-order valence-corrected chi connectivity index (χ2v) is 11.3. The molecule has 190 valence electrons. The van der Waals surface area contributed by atoms with Gasteiger partial charge < -0.3 is 11.3 Å². The first-order chi connectivity index (χ1) is 16.2. The first-order valence-corrected chi connectivity index (χ1v) is 13.7. The van der Waals surface area contributed by atoms with E-state index >= 15 is 0 Å². The Kier molecular flexibility index (Phi) is 6.90. The van der Waals surface area contributed by atoms with Gasteiger partial charge in [-0.25, -0.2) is 0 Å². The van der Waals surface area contributed by atoms with Crippen LogP contribution in [-0.2, 0) is 30.4 Å². The third kappa shape index (κ3) is 4.91. The number of benzene rings is 4. The molecule has 16 heteroatoms. The molecule has 0 heterocycles. The fraction of sp³-hybridized carbons (Fsp3) is 0. The van der Waals surface area contributed by atoms with Crippen molar-refractivity contribution >= 4 is 63.3 Å². The molecule has 0 bridgehead atoms. The molecule has 0 aliphatic carbocycles. The Morgan fingerprint density at radius 1 is 0.611 bits per heavy atom. The van der Waals surface area contributed by atoms with Crippen LogP contribution in [0.5, 0.6) is 5.75 Å². The summed E-state index contributed by atoms with van der Waals surface area (Å²) in [4.78, 5) is -2.34. The molecule has 4 aromatic carbocycles. The summed E-state index contributed by atoms with van der Waals surface area (Å²) >= 11 is 0. The van der Waals surface area contributed by atoms with E-state index in [2.05, 4.69) is 10.2 Å². The molecule has 0 aromatic heterocycles. The predicted molar refractivity (Wildman–Crippen MR) is 128 cm³/mol. The van der Waals surface area contributed by atoms with Gasteiger partial charge in [0.25, 0.3) is 30.4 Å². The second-order valence-electron chi connectivity index (χ2n) is 7.18. The van der Waals surface area contributed by atoms with Crippen LogP contribution in [0.1, 0.15) is 0 Å². The van der Waals surface area contributed by atoms with Crippen LogP contribution in [-0.4, -0.2) is 44.0 Å². The van der Waals surface area contributed by atoms with Gasteiger partial charge in [0.15, 0.2) is 5.75 Å². The van der Waals surface area contributed by atoms with Gasteiger partial charge in [0.2, 0.25) is 0 Å². The van der Waals surface area contributed by atoms with Gasteiger partial charge in [-0.2, -0.15) is 25.3 Å². The van der Waals surface area contributed by atoms with Crippen LogP contribution in [0, 0.1) is 0 Å². The van der Waals surface area contributed by atoms with Gasteiger partial charge in [0.1, 0.15) is 26.1 Å². The first kappa shape index (κ1) is 27.1. The van der Waals surface area contributed by atoms with E-state index in [0.29, 0.717) is 0 Å². The lowest BCUT2D eigenvalue weighted by Gasteiger charge is -2.10. The zero-order valence-electron chi connectivity index (χ0n) is 17.8. The van der Waals surface area contributed by atoms with Gasteiger partial charge >= 0.3 is 0 Å². The van der Waals surface area contributed by atoms with Gasteiger partial charge in [-0.05, 0) is 23.6 Å². The molecule has 0 saturated carbocycles. The van der Waals surface area contributed by atoms with E-state index in [1.807, 2.05) is 0 Å². The van der Waals surface area contributed by atoms with Crippen molar-refractivity contribution in [2.24, 2.45) is 10.2 Å². The van der Waals surface area contributed by atoms with Crippen LogP contribution in [0.15, 0.2) is 85.6 Å². The minimum Gasteiger partial charge on any atom is -0.505 e. The minimum absolute atomic E-state index is 0. The lowest BCUT2D eigenvalue weighted by atomic mass is 10.1. The Hall–Kier alpha value is -3.51. The number of nitrogens with zero attached hydrogens (tertiary/aromatic N) is 2. The monoisotopic (exact) mass is 555 g/mol. The molecule has 13 nitrogen and oxygen atoms in total. The van der Waals surface area contributed by atoms with Crippen molar-refractivity contribution in [2.45, 2.75) is 14.7 Å². The highest BCUT2D eigenvalue weighted by Gasteiger charge is 2.25. The number of phenolic OH excluding ortho intramolecular Hbond substituents is 1. The smallest absolute Gasteiger partial charge is 0.297 e. The molecular formula is C20H17N3O10S3. The molecule has 0 atom stereocenters. The van der Waals surface area contributed by atoms with Crippen molar-refractivity contribution in [1.82, 2.24) is 6.15 Å². The van der Waals surface area contributed by atoms with E-state index in [4.69, 9.17) is 0 Å². The average Bonchev–Trinajstić information content (AvgIpc) is 2.75. The van der Waals surface area contributed by atoms with Crippen molar-refractivity contribution in [3.8, 4) is 5.75 Å². The van der Waals surface area contributed by atoms with Gasteiger partial charge in [-0.3, -0.25) is 13.7 Å². The largest absolute Gasteiger partial charge is 0.505 e. The molecule has 4 rings (SSSR count). The summed E-state index contributed by atoms with van der Waals surface area (Å²) in [6.45, 7) is 0. The molecule has 36 heavy (non-hydrogen) atoms. The lowest BCUT2D eigenvalue weighted by molar-refractivity contribution is 0.472. The number of hydrogen-bond donors (Lipinski definition) is 5. The summed E-state index contributed by atoms with van der Waals surface area (Å²) < 4.78 is 100. The summed E-state index contributed by atoms with van der Waals surface area (Å²) in [7, 11) is -14.8. The Morgan fingerprint density at radius 2 is 1.22 bits per heavy atom. The molecule has 0 fully saturated rings. The average molecular weight is 556 g/mol. The number of azo groups is 1.